The number of halogens is 1. The maximum absolute atomic E-state index is 10.6. The first-order valence-electron chi connectivity index (χ1n) is 5.37. The second-order valence-corrected chi connectivity index (χ2v) is 3.79. The highest BCUT2D eigenvalue weighted by Crippen LogP contribution is 2.18. The van der Waals surface area contributed by atoms with E-state index in [1.165, 1.54) is 12.1 Å². The van der Waals surface area contributed by atoms with Gasteiger partial charge in [-0.1, -0.05) is 18.2 Å². The van der Waals surface area contributed by atoms with Crippen LogP contribution in [0.1, 0.15) is 5.56 Å². The van der Waals surface area contributed by atoms with Crippen molar-refractivity contribution < 1.29 is 9.66 Å². The molecule has 2 aromatic rings. The Morgan fingerprint density at radius 3 is 2.58 bits per heavy atom. The van der Waals surface area contributed by atoms with Gasteiger partial charge >= 0.3 is 0 Å². The molecule has 2 N–H and O–H groups in total. The minimum absolute atomic E-state index is 0. The van der Waals surface area contributed by atoms with Gasteiger partial charge < -0.3 is 10.5 Å². The number of non-ortho nitro benzene ring substituents is 1. The highest BCUT2D eigenvalue weighted by molar-refractivity contribution is 5.85. The Balaban J connectivity index is 0.00000180. The molecule has 6 heteroatoms. The summed E-state index contributed by atoms with van der Waals surface area (Å²) in [7, 11) is 0. The van der Waals surface area contributed by atoms with Crippen molar-refractivity contribution >= 4 is 23.8 Å². The van der Waals surface area contributed by atoms with Crippen molar-refractivity contribution in [2.75, 3.05) is 5.73 Å². The first-order valence-corrected chi connectivity index (χ1v) is 5.37. The predicted octanol–water partition coefficient (Wildman–Crippen LogP) is 3.18. The Hall–Kier alpha value is -2.27. The van der Waals surface area contributed by atoms with Gasteiger partial charge in [-0.3, -0.25) is 10.1 Å². The molecular weight excluding hydrogens is 268 g/mol. The van der Waals surface area contributed by atoms with Crippen molar-refractivity contribution in [2.45, 2.75) is 6.61 Å². The molecule has 19 heavy (non-hydrogen) atoms. The Morgan fingerprint density at radius 2 is 1.89 bits per heavy atom. The van der Waals surface area contributed by atoms with Gasteiger partial charge in [0.15, 0.2) is 0 Å². The van der Waals surface area contributed by atoms with Crippen molar-refractivity contribution in [3.8, 4) is 5.75 Å². The lowest BCUT2D eigenvalue weighted by atomic mass is 10.2. The number of rotatable bonds is 4. The summed E-state index contributed by atoms with van der Waals surface area (Å²) in [5, 5.41) is 10.6. The zero-order chi connectivity index (χ0) is 13.0. The van der Waals surface area contributed by atoms with Crippen LogP contribution >= 0.6 is 12.4 Å². The maximum atomic E-state index is 10.6. The molecule has 0 amide bonds. The molecular formula is C13H13ClN2O3. The van der Waals surface area contributed by atoms with E-state index in [0.717, 1.165) is 5.56 Å². The van der Waals surface area contributed by atoms with Crippen molar-refractivity contribution in [3.05, 3.63) is 64.2 Å². The molecule has 0 atom stereocenters. The van der Waals surface area contributed by atoms with Crippen molar-refractivity contribution in [2.24, 2.45) is 0 Å². The molecule has 0 bridgehead atoms. The molecule has 0 aliphatic heterocycles. The minimum Gasteiger partial charge on any atom is -0.489 e. The summed E-state index contributed by atoms with van der Waals surface area (Å²) in [6.45, 7) is 0.269. The first-order chi connectivity index (χ1) is 8.65. The summed E-state index contributed by atoms with van der Waals surface area (Å²) < 4.78 is 5.51. The van der Waals surface area contributed by atoms with Crippen LogP contribution in [0.3, 0.4) is 0 Å². The Kier molecular flexibility index (Phi) is 5.14. The zero-order valence-corrected chi connectivity index (χ0v) is 10.8. The van der Waals surface area contributed by atoms with Crippen LogP contribution in [-0.2, 0) is 6.61 Å². The molecule has 0 unspecified atom stereocenters. The zero-order valence-electron chi connectivity index (χ0n) is 9.98. The summed E-state index contributed by atoms with van der Waals surface area (Å²) in [6, 6.07) is 13.4. The lowest BCUT2D eigenvalue weighted by Crippen LogP contribution is -1.97. The third-order valence-electron chi connectivity index (χ3n) is 2.38. The van der Waals surface area contributed by atoms with Crippen LogP contribution in [0.25, 0.3) is 0 Å². The quantitative estimate of drug-likeness (QED) is 0.530. The van der Waals surface area contributed by atoms with Crippen LogP contribution in [0.5, 0.6) is 5.75 Å². The first kappa shape index (κ1) is 14.8. The summed E-state index contributed by atoms with van der Waals surface area (Å²) in [4.78, 5) is 10.2. The molecule has 2 rings (SSSR count). The SMILES string of the molecule is Cl.Nc1cccc(OCc2cccc([N+](=O)[O-])c2)c1. The van der Waals surface area contributed by atoms with E-state index in [2.05, 4.69) is 0 Å². The molecule has 0 spiro atoms. The number of nitrogens with two attached hydrogens (primary N) is 1. The van der Waals surface area contributed by atoms with Crippen molar-refractivity contribution in [1.82, 2.24) is 0 Å². The smallest absolute Gasteiger partial charge is 0.269 e. The minimum atomic E-state index is -0.427. The molecule has 5 nitrogen and oxygen atoms in total. The molecule has 0 saturated heterocycles. The Labute approximate surface area is 116 Å². The summed E-state index contributed by atoms with van der Waals surface area (Å²) in [5.74, 6) is 0.640. The van der Waals surface area contributed by atoms with Gasteiger partial charge in [-0.15, -0.1) is 12.4 Å². The van der Waals surface area contributed by atoms with Crippen LogP contribution < -0.4 is 10.5 Å². The number of anilines is 1. The number of nitrogen functional groups attached to an aromatic ring is 1. The van der Waals surface area contributed by atoms with Gasteiger partial charge in [0.25, 0.3) is 5.69 Å². The number of hydrogen-bond donors (Lipinski definition) is 1. The van der Waals surface area contributed by atoms with E-state index in [1.807, 2.05) is 0 Å². The predicted molar refractivity (Wildman–Crippen MR) is 75.5 cm³/mol. The topological polar surface area (TPSA) is 78.4 Å². The molecule has 0 aliphatic carbocycles. The molecule has 0 fully saturated rings. The summed E-state index contributed by atoms with van der Waals surface area (Å²) >= 11 is 0. The number of nitrogens with zero attached hydrogens (tertiary/aromatic N) is 1. The number of benzene rings is 2. The van der Waals surface area contributed by atoms with Gasteiger partial charge in [0, 0.05) is 23.9 Å². The summed E-state index contributed by atoms with van der Waals surface area (Å²) in [5.41, 5.74) is 7.04. The maximum Gasteiger partial charge on any atom is 0.269 e. The number of nitro benzene ring substituents is 1. The highest BCUT2D eigenvalue weighted by Gasteiger charge is 2.05. The van der Waals surface area contributed by atoms with Crippen LogP contribution in [0.15, 0.2) is 48.5 Å². The monoisotopic (exact) mass is 280 g/mol. The van der Waals surface area contributed by atoms with Gasteiger partial charge in [-0.25, -0.2) is 0 Å². The average molecular weight is 281 g/mol. The second-order valence-electron chi connectivity index (χ2n) is 3.79. The van der Waals surface area contributed by atoms with E-state index in [-0.39, 0.29) is 24.7 Å². The lowest BCUT2D eigenvalue weighted by molar-refractivity contribution is -0.384. The molecule has 0 aliphatic rings. The van der Waals surface area contributed by atoms with Crippen LogP contribution in [0, 0.1) is 10.1 Å². The molecule has 100 valence electrons. The number of ether oxygens (including phenoxy) is 1. The van der Waals surface area contributed by atoms with E-state index in [1.54, 1.807) is 36.4 Å². The summed E-state index contributed by atoms with van der Waals surface area (Å²) in [6.07, 6.45) is 0. The fourth-order valence-electron chi connectivity index (χ4n) is 1.53. The Morgan fingerprint density at radius 1 is 1.16 bits per heavy atom. The molecule has 0 saturated carbocycles. The van der Waals surface area contributed by atoms with E-state index >= 15 is 0 Å². The van der Waals surface area contributed by atoms with Gasteiger partial charge in [0.1, 0.15) is 12.4 Å². The third kappa shape index (κ3) is 4.15. The highest BCUT2D eigenvalue weighted by atomic mass is 35.5. The van der Waals surface area contributed by atoms with E-state index < -0.39 is 4.92 Å². The van der Waals surface area contributed by atoms with Crippen LogP contribution in [-0.4, -0.2) is 4.92 Å². The number of nitro groups is 1. The standard InChI is InChI=1S/C13H12N2O3.ClH/c14-11-4-2-6-13(8-11)18-9-10-3-1-5-12(7-10)15(16)17;/h1-8H,9,14H2;1H. The van der Waals surface area contributed by atoms with Gasteiger partial charge in [0.2, 0.25) is 0 Å². The molecule has 0 radical (unpaired) electrons. The van der Waals surface area contributed by atoms with Crippen LogP contribution in [0.2, 0.25) is 0 Å². The molecule has 0 aromatic heterocycles. The van der Waals surface area contributed by atoms with Gasteiger partial charge in [-0.2, -0.15) is 0 Å². The normalized spacial score (nSPS) is 9.47. The fourth-order valence-corrected chi connectivity index (χ4v) is 1.53. The molecule has 0 heterocycles. The van der Waals surface area contributed by atoms with E-state index in [0.29, 0.717) is 11.4 Å². The third-order valence-corrected chi connectivity index (χ3v) is 2.38. The van der Waals surface area contributed by atoms with Crippen molar-refractivity contribution in [3.63, 3.8) is 0 Å². The fraction of sp³-hybridized carbons (Fsp3) is 0.0769. The molecule has 2 aromatic carbocycles. The number of hydrogen-bond acceptors (Lipinski definition) is 4. The van der Waals surface area contributed by atoms with Gasteiger partial charge in [-0.05, 0) is 17.7 Å². The van der Waals surface area contributed by atoms with E-state index in [4.69, 9.17) is 10.5 Å². The van der Waals surface area contributed by atoms with E-state index in [9.17, 15) is 10.1 Å². The van der Waals surface area contributed by atoms with Gasteiger partial charge in [0.05, 0.1) is 4.92 Å². The second kappa shape index (κ2) is 6.61. The lowest BCUT2D eigenvalue weighted by Gasteiger charge is -2.06. The average Bonchev–Trinajstić information content (AvgIpc) is 2.37. The Bertz CT molecular complexity index is 575. The largest absolute Gasteiger partial charge is 0.489 e. The van der Waals surface area contributed by atoms with Crippen molar-refractivity contribution in [1.29, 1.82) is 0 Å². The van der Waals surface area contributed by atoms with Crippen LogP contribution in [0.4, 0.5) is 11.4 Å².